The molecule has 0 aliphatic carbocycles. The summed E-state index contributed by atoms with van der Waals surface area (Å²) in [7, 11) is 0. The van der Waals surface area contributed by atoms with E-state index >= 15 is 0 Å². The Bertz CT molecular complexity index is 348. The molecule has 1 aromatic rings. The largest absolute Gasteiger partial charge is 0.381 e. The molecule has 3 heteroatoms. The van der Waals surface area contributed by atoms with Gasteiger partial charge in [-0.05, 0) is 37.9 Å². The summed E-state index contributed by atoms with van der Waals surface area (Å²) < 4.78 is 5.60. The van der Waals surface area contributed by atoms with Crippen LogP contribution in [0.25, 0.3) is 0 Å². The number of pyridine rings is 1. The van der Waals surface area contributed by atoms with Crippen LogP contribution in [0.3, 0.4) is 0 Å². The Morgan fingerprint density at radius 3 is 3.12 bits per heavy atom. The normalized spacial score (nSPS) is 22.4. The van der Waals surface area contributed by atoms with Crippen LogP contribution in [0.1, 0.15) is 37.1 Å². The maximum atomic E-state index is 5.60. The second-order valence-corrected chi connectivity index (χ2v) is 4.72. The summed E-state index contributed by atoms with van der Waals surface area (Å²) in [5.41, 5.74) is 2.45. The van der Waals surface area contributed by atoms with Crippen LogP contribution < -0.4 is 5.32 Å². The predicted octanol–water partition coefficient (Wildman–Crippen LogP) is 2.47. The minimum absolute atomic E-state index is 0.335. The van der Waals surface area contributed by atoms with Gasteiger partial charge in [0.2, 0.25) is 0 Å². The van der Waals surface area contributed by atoms with Crippen molar-refractivity contribution in [1.82, 2.24) is 10.3 Å². The number of aromatic nitrogens is 1. The molecule has 0 bridgehead atoms. The minimum Gasteiger partial charge on any atom is -0.381 e. The maximum Gasteiger partial charge on any atom is 0.0605 e. The molecule has 0 spiro atoms. The molecule has 94 valence electrons. The van der Waals surface area contributed by atoms with Crippen LogP contribution in [0.4, 0.5) is 0 Å². The summed E-state index contributed by atoms with van der Waals surface area (Å²) in [6.45, 7) is 7.02. The van der Waals surface area contributed by atoms with Crippen LogP contribution in [0, 0.1) is 12.8 Å². The van der Waals surface area contributed by atoms with Crippen molar-refractivity contribution in [3.8, 4) is 0 Å². The number of rotatable bonds is 4. The van der Waals surface area contributed by atoms with E-state index in [4.69, 9.17) is 4.74 Å². The molecule has 2 rings (SSSR count). The zero-order valence-corrected chi connectivity index (χ0v) is 10.8. The number of hydrogen-bond acceptors (Lipinski definition) is 3. The van der Waals surface area contributed by atoms with Crippen molar-refractivity contribution in [2.45, 2.75) is 32.7 Å². The van der Waals surface area contributed by atoms with Gasteiger partial charge in [-0.25, -0.2) is 0 Å². The van der Waals surface area contributed by atoms with E-state index in [1.165, 1.54) is 24.1 Å². The van der Waals surface area contributed by atoms with Crippen LogP contribution in [0.2, 0.25) is 0 Å². The molecule has 0 amide bonds. The highest BCUT2D eigenvalue weighted by Gasteiger charge is 2.26. The van der Waals surface area contributed by atoms with Crippen molar-refractivity contribution >= 4 is 0 Å². The Labute approximate surface area is 104 Å². The van der Waals surface area contributed by atoms with Gasteiger partial charge in [0.15, 0.2) is 0 Å². The SMILES string of the molecule is CCNC(c1ncccc1C)C1CCCOC1. The molecule has 1 saturated heterocycles. The summed E-state index contributed by atoms with van der Waals surface area (Å²) >= 11 is 0. The first-order valence-corrected chi connectivity index (χ1v) is 6.55. The number of nitrogens with zero attached hydrogens (tertiary/aromatic N) is 1. The first kappa shape index (κ1) is 12.5. The summed E-state index contributed by atoms with van der Waals surface area (Å²) in [6, 6.07) is 4.47. The third kappa shape index (κ3) is 3.05. The Balaban J connectivity index is 2.18. The molecule has 2 atom stereocenters. The van der Waals surface area contributed by atoms with Crippen LogP contribution >= 0.6 is 0 Å². The van der Waals surface area contributed by atoms with E-state index in [-0.39, 0.29) is 0 Å². The molecule has 0 saturated carbocycles. The van der Waals surface area contributed by atoms with Gasteiger partial charge < -0.3 is 10.1 Å². The Morgan fingerprint density at radius 2 is 2.47 bits per heavy atom. The molecule has 2 heterocycles. The van der Waals surface area contributed by atoms with Gasteiger partial charge in [0.05, 0.1) is 18.3 Å². The molecule has 1 aliphatic rings. The van der Waals surface area contributed by atoms with Gasteiger partial charge >= 0.3 is 0 Å². The summed E-state index contributed by atoms with van der Waals surface area (Å²) in [5, 5.41) is 3.57. The van der Waals surface area contributed by atoms with E-state index in [1.807, 2.05) is 12.3 Å². The third-order valence-corrected chi connectivity index (χ3v) is 3.44. The van der Waals surface area contributed by atoms with Crippen molar-refractivity contribution < 1.29 is 4.74 Å². The molecule has 17 heavy (non-hydrogen) atoms. The monoisotopic (exact) mass is 234 g/mol. The molecule has 0 aromatic carbocycles. The van der Waals surface area contributed by atoms with E-state index in [9.17, 15) is 0 Å². The molecule has 3 nitrogen and oxygen atoms in total. The number of ether oxygens (including phenoxy) is 1. The quantitative estimate of drug-likeness (QED) is 0.869. The summed E-state index contributed by atoms with van der Waals surface area (Å²) in [4.78, 5) is 4.55. The van der Waals surface area contributed by atoms with Gasteiger partial charge in [0.25, 0.3) is 0 Å². The van der Waals surface area contributed by atoms with Gasteiger partial charge in [-0.3, -0.25) is 4.98 Å². The van der Waals surface area contributed by atoms with Crippen LogP contribution in [0.5, 0.6) is 0 Å². The summed E-state index contributed by atoms with van der Waals surface area (Å²) in [6.07, 6.45) is 4.28. The molecule has 0 radical (unpaired) electrons. The molecule has 1 aromatic heterocycles. The zero-order chi connectivity index (χ0) is 12.1. The van der Waals surface area contributed by atoms with Gasteiger partial charge in [-0.15, -0.1) is 0 Å². The van der Waals surface area contributed by atoms with E-state index in [1.54, 1.807) is 0 Å². The van der Waals surface area contributed by atoms with Crippen molar-refractivity contribution in [3.63, 3.8) is 0 Å². The van der Waals surface area contributed by atoms with E-state index in [2.05, 4.69) is 30.2 Å². The fraction of sp³-hybridized carbons (Fsp3) is 0.643. The molecule has 1 fully saturated rings. The molecular formula is C14H22N2O. The van der Waals surface area contributed by atoms with Gasteiger partial charge in [0.1, 0.15) is 0 Å². The van der Waals surface area contributed by atoms with Gasteiger partial charge in [-0.1, -0.05) is 13.0 Å². The highest BCUT2D eigenvalue weighted by atomic mass is 16.5. The first-order chi connectivity index (χ1) is 8.33. The lowest BCUT2D eigenvalue weighted by atomic mass is 9.89. The smallest absolute Gasteiger partial charge is 0.0605 e. The lowest BCUT2D eigenvalue weighted by Crippen LogP contribution is -2.34. The summed E-state index contributed by atoms with van der Waals surface area (Å²) in [5.74, 6) is 0.553. The molecule has 1 N–H and O–H groups in total. The van der Waals surface area contributed by atoms with E-state index in [0.29, 0.717) is 12.0 Å². The second-order valence-electron chi connectivity index (χ2n) is 4.72. The average molecular weight is 234 g/mol. The van der Waals surface area contributed by atoms with Gasteiger partial charge in [0, 0.05) is 18.7 Å². The van der Waals surface area contributed by atoms with Crippen LogP contribution in [0.15, 0.2) is 18.3 Å². The third-order valence-electron chi connectivity index (χ3n) is 3.44. The minimum atomic E-state index is 0.335. The zero-order valence-electron chi connectivity index (χ0n) is 10.8. The molecule has 1 aliphatic heterocycles. The Morgan fingerprint density at radius 1 is 1.59 bits per heavy atom. The highest BCUT2D eigenvalue weighted by molar-refractivity contribution is 5.22. The van der Waals surface area contributed by atoms with Crippen molar-refractivity contribution in [1.29, 1.82) is 0 Å². The number of hydrogen-bond donors (Lipinski definition) is 1. The maximum absolute atomic E-state index is 5.60. The Hall–Kier alpha value is -0.930. The second kappa shape index (κ2) is 6.12. The molecule has 2 unspecified atom stereocenters. The van der Waals surface area contributed by atoms with E-state index in [0.717, 1.165) is 19.8 Å². The average Bonchev–Trinajstić information content (AvgIpc) is 2.38. The first-order valence-electron chi connectivity index (χ1n) is 6.55. The topological polar surface area (TPSA) is 34.2 Å². The van der Waals surface area contributed by atoms with Crippen molar-refractivity contribution in [2.24, 2.45) is 5.92 Å². The predicted molar refractivity (Wildman–Crippen MR) is 68.9 cm³/mol. The lowest BCUT2D eigenvalue weighted by Gasteiger charge is -2.31. The fourth-order valence-electron chi connectivity index (χ4n) is 2.56. The lowest BCUT2D eigenvalue weighted by molar-refractivity contribution is 0.0385. The van der Waals surface area contributed by atoms with Crippen molar-refractivity contribution in [2.75, 3.05) is 19.8 Å². The standard InChI is InChI=1S/C14H22N2O/c1-3-15-14(12-7-5-9-17-10-12)13-11(2)6-4-8-16-13/h4,6,8,12,14-15H,3,5,7,9-10H2,1-2H3. The van der Waals surface area contributed by atoms with Crippen LogP contribution in [-0.4, -0.2) is 24.7 Å². The van der Waals surface area contributed by atoms with Crippen molar-refractivity contribution in [3.05, 3.63) is 29.6 Å². The highest BCUT2D eigenvalue weighted by Crippen LogP contribution is 2.29. The van der Waals surface area contributed by atoms with E-state index < -0.39 is 0 Å². The van der Waals surface area contributed by atoms with Crippen LogP contribution in [-0.2, 0) is 4.74 Å². The Kier molecular flexibility index (Phi) is 4.51. The fourth-order valence-corrected chi connectivity index (χ4v) is 2.56. The number of nitrogens with one attached hydrogen (secondary N) is 1. The molecular weight excluding hydrogens is 212 g/mol. The van der Waals surface area contributed by atoms with Gasteiger partial charge in [-0.2, -0.15) is 0 Å². The number of aryl methyl sites for hydroxylation is 1.